The van der Waals surface area contributed by atoms with Gasteiger partial charge in [-0.2, -0.15) is 11.8 Å². The highest BCUT2D eigenvalue weighted by Gasteiger charge is 2.36. The highest BCUT2D eigenvalue weighted by atomic mass is 32.2. The lowest BCUT2D eigenvalue weighted by Crippen LogP contribution is -2.43. The van der Waals surface area contributed by atoms with Crippen LogP contribution >= 0.6 is 11.8 Å². The van der Waals surface area contributed by atoms with Gasteiger partial charge in [-0.15, -0.1) is 0 Å². The quantitative estimate of drug-likeness (QED) is 0.490. The SMILES string of the molecule is CO[Si](CCSCCC(=O)O)(OC)OC. The Bertz CT molecular complexity index is 178. The molecule has 0 aromatic carbocycles. The van der Waals surface area contributed by atoms with Gasteiger partial charge in [-0.05, 0) is 5.75 Å². The fourth-order valence-corrected chi connectivity index (χ4v) is 4.23. The molecular weight excluding hydrogens is 236 g/mol. The monoisotopic (exact) mass is 254 g/mol. The zero-order valence-electron chi connectivity index (χ0n) is 9.32. The van der Waals surface area contributed by atoms with Crippen LogP contribution in [0, 0.1) is 0 Å². The highest BCUT2D eigenvalue weighted by Crippen LogP contribution is 2.16. The fourth-order valence-electron chi connectivity index (χ4n) is 1.01. The molecule has 0 rings (SSSR count). The van der Waals surface area contributed by atoms with Crippen molar-refractivity contribution in [2.45, 2.75) is 12.5 Å². The third-order valence-corrected chi connectivity index (χ3v) is 6.02. The van der Waals surface area contributed by atoms with Crippen LogP contribution in [-0.4, -0.2) is 52.7 Å². The van der Waals surface area contributed by atoms with E-state index in [1.165, 1.54) is 0 Å². The summed E-state index contributed by atoms with van der Waals surface area (Å²) in [5, 5.41) is 8.43. The number of hydrogen-bond acceptors (Lipinski definition) is 5. The summed E-state index contributed by atoms with van der Waals surface area (Å²) in [5.41, 5.74) is 0. The molecule has 15 heavy (non-hydrogen) atoms. The Morgan fingerprint density at radius 2 is 1.73 bits per heavy atom. The van der Waals surface area contributed by atoms with Crippen LogP contribution in [0.3, 0.4) is 0 Å². The van der Waals surface area contributed by atoms with E-state index in [4.69, 9.17) is 18.4 Å². The summed E-state index contributed by atoms with van der Waals surface area (Å²) in [7, 11) is 2.25. The van der Waals surface area contributed by atoms with Gasteiger partial charge in [-0.25, -0.2) is 0 Å². The lowest BCUT2D eigenvalue weighted by molar-refractivity contribution is -0.136. The molecule has 0 radical (unpaired) electrons. The van der Waals surface area contributed by atoms with Crippen LogP contribution < -0.4 is 0 Å². The molecule has 0 unspecified atom stereocenters. The zero-order chi connectivity index (χ0) is 11.7. The van der Waals surface area contributed by atoms with Crippen LogP contribution in [0.25, 0.3) is 0 Å². The molecule has 0 fully saturated rings. The molecule has 0 aliphatic heterocycles. The summed E-state index contributed by atoms with van der Waals surface area (Å²) < 4.78 is 15.7. The van der Waals surface area contributed by atoms with E-state index in [1.54, 1.807) is 33.1 Å². The van der Waals surface area contributed by atoms with Crippen LogP contribution in [0.15, 0.2) is 0 Å². The minimum atomic E-state index is -2.46. The Labute approximate surface area is 95.5 Å². The van der Waals surface area contributed by atoms with E-state index >= 15 is 0 Å². The second-order valence-corrected chi connectivity index (χ2v) is 7.12. The van der Waals surface area contributed by atoms with Gasteiger partial charge in [0.1, 0.15) is 0 Å². The molecule has 0 aliphatic rings. The van der Waals surface area contributed by atoms with Crippen molar-refractivity contribution in [3.05, 3.63) is 0 Å². The van der Waals surface area contributed by atoms with Gasteiger partial charge < -0.3 is 18.4 Å². The molecule has 1 N–H and O–H groups in total. The lowest BCUT2D eigenvalue weighted by atomic mass is 10.5. The van der Waals surface area contributed by atoms with Gasteiger partial charge in [-0.1, -0.05) is 0 Å². The average Bonchev–Trinajstić information content (AvgIpc) is 2.24. The van der Waals surface area contributed by atoms with E-state index in [0.29, 0.717) is 11.8 Å². The first-order chi connectivity index (χ1) is 7.10. The number of carbonyl (C=O) groups is 1. The van der Waals surface area contributed by atoms with Crippen molar-refractivity contribution in [1.29, 1.82) is 0 Å². The van der Waals surface area contributed by atoms with Crippen LogP contribution in [0.4, 0.5) is 0 Å². The normalized spacial score (nSPS) is 11.7. The molecule has 0 aromatic rings. The van der Waals surface area contributed by atoms with Gasteiger partial charge >= 0.3 is 14.8 Å². The Hall–Kier alpha value is -0.0831. The summed E-state index contributed by atoms with van der Waals surface area (Å²) in [6.07, 6.45) is 0.187. The molecule has 0 aliphatic carbocycles. The molecule has 0 saturated carbocycles. The Morgan fingerprint density at radius 1 is 1.20 bits per heavy atom. The van der Waals surface area contributed by atoms with Crippen molar-refractivity contribution >= 4 is 26.5 Å². The van der Waals surface area contributed by atoms with Crippen LogP contribution in [0.5, 0.6) is 0 Å². The highest BCUT2D eigenvalue weighted by molar-refractivity contribution is 7.99. The molecule has 0 heterocycles. The Morgan fingerprint density at radius 3 is 2.13 bits per heavy atom. The second-order valence-electron chi connectivity index (χ2n) is 2.80. The maximum Gasteiger partial charge on any atom is 0.500 e. The molecule has 90 valence electrons. The number of carboxylic acids is 1. The predicted molar refractivity (Wildman–Crippen MR) is 61.2 cm³/mol. The number of thioether (sulfide) groups is 1. The topological polar surface area (TPSA) is 65.0 Å². The minimum absolute atomic E-state index is 0.187. The average molecular weight is 254 g/mol. The summed E-state index contributed by atoms with van der Waals surface area (Å²) in [4.78, 5) is 10.2. The molecular formula is C8H18O5SSi. The number of hydrogen-bond donors (Lipinski definition) is 1. The van der Waals surface area contributed by atoms with E-state index in [9.17, 15) is 4.79 Å². The molecule has 0 atom stereocenters. The van der Waals surface area contributed by atoms with Crippen molar-refractivity contribution in [3.63, 3.8) is 0 Å². The van der Waals surface area contributed by atoms with Gasteiger partial charge in [0.05, 0.1) is 6.42 Å². The van der Waals surface area contributed by atoms with E-state index in [0.717, 1.165) is 5.75 Å². The minimum Gasteiger partial charge on any atom is -0.481 e. The molecule has 0 amide bonds. The van der Waals surface area contributed by atoms with Crippen molar-refractivity contribution in [3.8, 4) is 0 Å². The lowest BCUT2D eigenvalue weighted by Gasteiger charge is -2.23. The molecule has 7 heteroatoms. The Balaban J connectivity index is 3.67. The zero-order valence-corrected chi connectivity index (χ0v) is 11.1. The summed E-state index contributed by atoms with van der Waals surface area (Å²) >= 11 is 1.57. The van der Waals surface area contributed by atoms with Crippen LogP contribution in [0.2, 0.25) is 6.04 Å². The molecule has 0 saturated heterocycles. The largest absolute Gasteiger partial charge is 0.500 e. The fraction of sp³-hybridized carbons (Fsp3) is 0.875. The van der Waals surface area contributed by atoms with Crippen molar-refractivity contribution in [2.75, 3.05) is 32.8 Å². The van der Waals surface area contributed by atoms with Gasteiger partial charge in [0.2, 0.25) is 0 Å². The summed E-state index contributed by atoms with van der Waals surface area (Å²) in [6, 6.07) is 0.695. The molecule has 0 spiro atoms. The number of rotatable bonds is 9. The standard InChI is InChI=1S/C8H18O5SSi/c1-11-15(12-2,13-3)7-6-14-5-4-8(9)10/h4-7H2,1-3H3,(H,9,10). The predicted octanol–water partition coefficient (Wildman–Crippen LogP) is 1.07. The van der Waals surface area contributed by atoms with Gasteiger partial charge in [0.25, 0.3) is 0 Å². The molecule has 5 nitrogen and oxygen atoms in total. The maximum atomic E-state index is 10.2. The number of carboxylic acid groups (broad SMARTS) is 1. The van der Waals surface area contributed by atoms with E-state index in [2.05, 4.69) is 0 Å². The van der Waals surface area contributed by atoms with E-state index in [1.807, 2.05) is 0 Å². The smallest absolute Gasteiger partial charge is 0.481 e. The second kappa shape index (κ2) is 8.11. The number of aliphatic carboxylic acids is 1. The Kier molecular flexibility index (Phi) is 8.07. The van der Waals surface area contributed by atoms with Gasteiger partial charge in [0.15, 0.2) is 0 Å². The maximum absolute atomic E-state index is 10.2. The van der Waals surface area contributed by atoms with Crippen molar-refractivity contribution < 1.29 is 23.2 Å². The van der Waals surface area contributed by atoms with Gasteiger partial charge in [-0.3, -0.25) is 4.79 Å². The summed E-state index contributed by atoms with van der Waals surface area (Å²) in [5.74, 6) is 0.627. The summed E-state index contributed by atoms with van der Waals surface area (Å²) in [6.45, 7) is 0. The van der Waals surface area contributed by atoms with E-state index in [-0.39, 0.29) is 6.42 Å². The van der Waals surface area contributed by atoms with Crippen LogP contribution in [-0.2, 0) is 18.1 Å². The third-order valence-electron chi connectivity index (χ3n) is 1.95. The van der Waals surface area contributed by atoms with Crippen molar-refractivity contribution in [2.24, 2.45) is 0 Å². The van der Waals surface area contributed by atoms with E-state index < -0.39 is 14.8 Å². The molecule has 0 bridgehead atoms. The van der Waals surface area contributed by atoms with Crippen molar-refractivity contribution in [1.82, 2.24) is 0 Å². The third kappa shape index (κ3) is 6.16. The van der Waals surface area contributed by atoms with Crippen LogP contribution in [0.1, 0.15) is 6.42 Å². The first-order valence-electron chi connectivity index (χ1n) is 4.55. The van der Waals surface area contributed by atoms with Gasteiger partial charge in [0, 0.05) is 33.1 Å². The molecule has 0 aromatic heterocycles. The first kappa shape index (κ1) is 14.9. The first-order valence-corrected chi connectivity index (χ1v) is 7.64.